The van der Waals surface area contributed by atoms with Gasteiger partial charge in [-0.2, -0.15) is 4.31 Å². The second-order valence-electron chi connectivity index (χ2n) is 7.70. The Hall–Kier alpha value is -2.42. The highest BCUT2D eigenvalue weighted by Crippen LogP contribution is 2.15. The molecule has 0 aliphatic carbocycles. The second-order valence-corrected chi connectivity index (χ2v) is 9.78. The molecular weight excluding hydrogens is 414 g/mol. The predicted molar refractivity (Wildman–Crippen MR) is 122 cm³/mol. The lowest BCUT2D eigenvalue weighted by atomic mass is 10.1. The first kappa shape index (κ1) is 23.2. The third kappa shape index (κ3) is 7.34. The van der Waals surface area contributed by atoms with Gasteiger partial charge in [0.15, 0.2) is 6.61 Å². The van der Waals surface area contributed by atoms with E-state index < -0.39 is 10.0 Å². The fraction of sp³-hybridized carbons (Fsp3) is 0.435. The van der Waals surface area contributed by atoms with Crippen LogP contribution in [0.3, 0.4) is 0 Å². The largest absolute Gasteiger partial charge is 0.484 e. The van der Waals surface area contributed by atoms with E-state index in [2.05, 4.69) is 22.3 Å². The number of carbonyl (C=O) groups is 1. The van der Waals surface area contributed by atoms with Crippen molar-refractivity contribution < 1.29 is 17.9 Å². The Morgan fingerprint density at radius 1 is 1.00 bits per heavy atom. The number of nitrogens with zero attached hydrogens (tertiary/aromatic N) is 2. The zero-order valence-corrected chi connectivity index (χ0v) is 18.8. The standard InChI is InChI=1S/C23H31N3O4S/c1-20-7-5-6-10-22(20)30-19-23(27)24-12-18-31(28,29)26-16-14-25(15-17-26)13-11-21-8-3-2-4-9-21/h2-10H,11-19H2,1H3,(H,24,27). The van der Waals surface area contributed by atoms with Crippen molar-refractivity contribution in [1.29, 1.82) is 0 Å². The third-order valence-corrected chi connectivity index (χ3v) is 7.29. The summed E-state index contributed by atoms with van der Waals surface area (Å²) in [5.41, 5.74) is 2.24. The first-order valence-electron chi connectivity index (χ1n) is 10.6. The Kier molecular flexibility index (Phi) is 8.45. The Labute approximate surface area is 185 Å². The highest BCUT2D eigenvalue weighted by Gasteiger charge is 2.26. The number of para-hydroxylation sites is 1. The zero-order chi connectivity index (χ0) is 22.1. The van der Waals surface area contributed by atoms with E-state index in [0.29, 0.717) is 18.8 Å². The van der Waals surface area contributed by atoms with Crippen LogP contribution in [0.15, 0.2) is 54.6 Å². The molecule has 1 N–H and O–H groups in total. The number of hydrogen-bond donors (Lipinski definition) is 1. The van der Waals surface area contributed by atoms with Crippen LogP contribution >= 0.6 is 0 Å². The molecule has 8 heteroatoms. The molecule has 31 heavy (non-hydrogen) atoms. The monoisotopic (exact) mass is 445 g/mol. The van der Waals surface area contributed by atoms with Crippen LogP contribution in [0.2, 0.25) is 0 Å². The van der Waals surface area contributed by atoms with Crippen molar-refractivity contribution in [1.82, 2.24) is 14.5 Å². The second kappa shape index (κ2) is 11.3. The summed E-state index contributed by atoms with van der Waals surface area (Å²) in [5, 5.41) is 2.63. The van der Waals surface area contributed by atoms with Gasteiger partial charge in [-0.05, 0) is 30.5 Å². The molecule has 1 heterocycles. The van der Waals surface area contributed by atoms with Crippen LogP contribution in [-0.4, -0.2) is 75.2 Å². The lowest BCUT2D eigenvalue weighted by Gasteiger charge is -2.34. The molecule has 1 amide bonds. The van der Waals surface area contributed by atoms with Crippen LogP contribution in [0.1, 0.15) is 11.1 Å². The Balaban J connectivity index is 1.34. The van der Waals surface area contributed by atoms with E-state index in [9.17, 15) is 13.2 Å². The molecule has 0 radical (unpaired) electrons. The topological polar surface area (TPSA) is 78.9 Å². The summed E-state index contributed by atoms with van der Waals surface area (Å²) in [6.45, 7) is 5.20. The maximum Gasteiger partial charge on any atom is 0.257 e. The van der Waals surface area contributed by atoms with Crippen LogP contribution < -0.4 is 10.1 Å². The Morgan fingerprint density at radius 3 is 2.39 bits per heavy atom. The molecule has 0 bridgehead atoms. The van der Waals surface area contributed by atoms with Gasteiger partial charge in [-0.15, -0.1) is 0 Å². The average Bonchev–Trinajstić information content (AvgIpc) is 2.78. The number of sulfonamides is 1. The van der Waals surface area contributed by atoms with E-state index in [4.69, 9.17) is 4.74 Å². The minimum Gasteiger partial charge on any atom is -0.484 e. The molecule has 2 aromatic carbocycles. The van der Waals surface area contributed by atoms with E-state index in [1.54, 1.807) is 6.07 Å². The maximum atomic E-state index is 12.6. The molecule has 0 aromatic heterocycles. The molecule has 1 aliphatic heterocycles. The lowest BCUT2D eigenvalue weighted by Crippen LogP contribution is -2.50. The van der Waals surface area contributed by atoms with Gasteiger partial charge in [-0.25, -0.2) is 8.42 Å². The molecule has 1 aliphatic rings. The van der Waals surface area contributed by atoms with Gasteiger partial charge < -0.3 is 15.0 Å². The number of carbonyl (C=O) groups excluding carboxylic acids is 1. The van der Waals surface area contributed by atoms with Crippen molar-refractivity contribution in [3.63, 3.8) is 0 Å². The highest BCUT2D eigenvalue weighted by atomic mass is 32.2. The van der Waals surface area contributed by atoms with E-state index in [-0.39, 0.29) is 24.8 Å². The van der Waals surface area contributed by atoms with E-state index >= 15 is 0 Å². The van der Waals surface area contributed by atoms with Gasteiger partial charge in [0.2, 0.25) is 10.0 Å². The van der Waals surface area contributed by atoms with Crippen LogP contribution in [0.4, 0.5) is 0 Å². The number of piperazine rings is 1. The number of amides is 1. The van der Waals surface area contributed by atoms with Crippen LogP contribution in [-0.2, 0) is 21.2 Å². The first-order chi connectivity index (χ1) is 14.9. The number of aryl methyl sites for hydroxylation is 1. The van der Waals surface area contributed by atoms with Crippen molar-refractivity contribution >= 4 is 15.9 Å². The van der Waals surface area contributed by atoms with Crippen molar-refractivity contribution in [2.45, 2.75) is 13.3 Å². The third-order valence-electron chi connectivity index (χ3n) is 5.42. The molecule has 168 valence electrons. The SMILES string of the molecule is Cc1ccccc1OCC(=O)NCCS(=O)(=O)N1CCN(CCc2ccccc2)CC1. The van der Waals surface area contributed by atoms with E-state index in [0.717, 1.165) is 31.6 Å². The fourth-order valence-electron chi connectivity index (χ4n) is 3.52. The van der Waals surface area contributed by atoms with Gasteiger partial charge in [0.05, 0.1) is 5.75 Å². The molecule has 0 spiro atoms. The molecular formula is C23H31N3O4S. The minimum atomic E-state index is -3.39. The smallest absolute Gasteiger partial charge is 0.257 e. The number of hydrogen-bond acceptors (Lipinski definition) is 5. The number of nitrogens with one attached hydrogen (secondary N) is 1. The van der Waals surface area contributed by atoms with Gasteiger partial charge in [-0.3, -0.25) is 4.79 Å². The average molecular weight is 446 g/mol. The summed E-state index contributed by atoms with van der Waals surface area (Å²) in [4.78, 5) is 14.3. The number of benzene rings is 2. The molecule has 0 unspecified atom stereocenters. The van der Waals surface area contributed by atoms with Gasteiger partial charge in [0.25, 0.3) is 5.91 Å². The number of rotatable bonds is 10. The summed E-state index contributed by atoms with van der Waals surface area (Å²) in [6, 6.07) is 17.7. The molecule has 7 nitrogen and oxygen atoms in total. The predicted octanol–water partition coefficient (Wildman–Crippen LogP) is 1.68. The first-order valence-corrected chi connectivity index (χ1v) is 12.2. The van der Waals surface area contributed by atoms with Crippen molar-refractivity contribution in [3.05, 3.63) is 65.7 Å². The Morgan fingerprint density at radius 2 is 1.68 bits per heavy atom. The summed E-state index contributed by atoms with van der Waals surface area (Å²) in [6.07, 6.45) is 0.962. The van der Waals surface area contributed by atoms with Crippen LogP contribution in [0, 0.1) is 6.92 Å². The molecule has 3 rings (SSSR count). The minimum absolute atomic E-state index is 0.0759. The van der Waals surface area contributed by atoms with Crippen molar-refractivity contribution in [2.24, 2.45) is 0 Å². The van der Waals surface area contributed by atoms with E-state index in [1.165, 1.54) is 9.87 Å². The van der Waals surface area contributed by atoms with Crippen LogP contribution in [0.5, 0.6) is 5.75 Å². The maximum absolute atomic E-state index is 12.6. The normalized spacial score (nSPS) is 15.5. The summed E-state index contributed by atoms with van der Waals surface area (Å²) in [5.74, 6) is 0.215. The summed E-state index contributed by atoms with van der Waals surface area (Å²) >= 11 is 0. The molecule has 0 atom stereocenters. The van der Waals surface area contributed by atoms with Gasteiger partial charge in [-0.1, -0.05) is 48.5 Å². The van der Waals surface area contributed by atoms with Gasteiger partial charge >= 0.3 is 0 Å². The Bertz CT molecular complexity index is 942. The quantitative estimate of drug-likeness (QED) is 0.602. The molecule has 1 fully saturated rings. The summed E-state index contributed by atoms with van der Waals surface area (Å²) in [7, 11) is -3.39. The van der Waals surface area contributed by atoms with Crippen molar-refractivity contribution in [2.75, 3.05) is 51.6 Å². The van der Waals surface area contributed by atoms with Gasteiger partial charge in [0, 0.05) is 39.3 Å². The molecule has 1 saturated heterocycles. The summed E-state index contributed by atoms with van der Waals surface area (Å²) < 4.78 is 32.2. The highest BCUT2D eigenvalue weighted by molar-refractivity contribution is 7.89. The molecule has 0 saturated carbocycles. The fourth-order valence-corrected chi connectivity index (χ4v) is 4.86. The number of ether oxygens (including phenoxy) is 1. The van der Waals surface area contributed by atoms with E-state index in [1.807, 2.05) is 43.3 Å². The molecule has 2 aromatic rings. The van der Waals surface area contributed by atoms with Crippen LogP contribution in [0.25, 0.3) is 0 Å². The lowest BCUT2D eigenvalue weighted by molar-refractivity contribution is -0.122. The zero-order valence-electron chi connectivity index (χ0n) is 18.0. The van der Waals surface area contributed by atoms with Crippen molar-refractivity contribution in [3.8, 4) is 5.75 Å². The van der Waals surface area contributed by atoms with Gasteiger partial charge in [0.1, 0.15) is 5.75 Å².